The first-order valence-electron chi connectivity index (χ1n) is 31.6. The van der Waals surface area contributed by atoms with Gasteiger partial charge in [0.1, 0.15) is 23.4 Å². The molecule has 7 aliphatic rings. The van der Waals surface area contributed by atoms with Gasteiger partial charge in [-0.3, -0.25) is 24.0 Å². The Balaban J connectivity index is 1.12. The van der Waals surface area contributed by atoms with E-state index in [1.54, 1.807) is 75.4 Å². The predicted molar refractivity (Wildman–Crippen MR) is 314 cm³/mol. The van der Waals surface area contributed by atoms with E-state index in [1.807, 2.05) is 44.7 Å². The number of nitrogens with zero attached hydrogens (tertiary/aromatic N) is 2. The Hall–Kier alpha value is -3.32. The van der Waals surface area contributed by atoms with Crippen LogP contribution in [0.5, 0.6) is 0 Å². The number of halogens is 1. The van der Waals surface area contributed by atoms with Crippen LogP contribution in [-0.2, 0) is 57.1 Å². The number of allylic oxidation sites excluding steroid dienone is 4. The number of aliphatic hydroxyl groups is 6. The van der Waals surface area contributed by atoms with Crippen LogP contribution < -0.4 is 0 Å². The molecule has 0 bridgehead atoms. The summed E-state index contributed by atoms with van der Waals surface area (Å²) in [5.74, 6) is -8.05. The Morgan fingerprint density at radius 1 is 0.849 bits per heavy atom. The van der Waals surface area contributed by atoms with Gasteiger partial charge in [-0.1, -0.05) is 53.2 Å². The minimum Gasteiger partial charge on any atom is -0.459 e. The molecule has 7 rings (SSSR count). The quantitative estimate of drug-likeness (QED) is 0.0944. The lowest BCUT2D eigenvalue weighted by Crippen LogP contribution is -2.69. The number of carbonyl (C=O) groups is 5. The molecule has 86 heavy (non-hydrogen) atoms. The molecule has 2 saturated heterocycles. The first kappa shape index (κ1) is 70.1. The van der Waals surface area contributed by atoms with Crippen LogP contribution in [0.25, 0.3) is 0 Å². The van der Waals surface area contributed by atoms with Crippen molar-refractivity contribution in [2.75, 3.05) is 41.4 Å². The number of cyclic esters (lactones) is 1. The molecule has 2 aliphatic heterocycles. The van der Waals surface area contributed by atoms with Crippen molar-refractivity contribution in [2.45, 2.75) is 262 Å². The number of carbonyl (C=O) groups excluding carboxylic acids is 5. The van der Waals surface area contributed by atoms with Crippen molar-refractivity contribution in [3.8, 4) is 0 Å². The highest BCUT2D eigenvalue weighted by Crippen LogP contribution is 2.71. The Morgan fingerprint density at radius 3 is 2.13 bits per heavy atom. The third kappa shape index (κ3) is 12.8. The van der Waals surface area contributed by atoms with E-state index in [-0.39, 0.29) is 49.7 Å². The monoisotopic (exact) mass is 1220 g/mol. The summed E-state index contributed by atoms with van der Waals surface area (Å²) in [5, 5.41) is 72.5. The average Bonchev–Trinajstić information content (AvgIpc) is 1.36. The second-order valence-electron chi connectivity index (χ2n) is 28.9. The number of hydrogen-bond donors (Lipinski definition) is 6. The molecular formula is C65H105FN2O18. The fourth-order valence-electron chi connectivity index (χ4n) is 17.3. The van der Waals surface area contributed by atoms with Crippen LogP contribution in [0.2, 0.25) is 0 Å². The molecule has 0 spiro atoms. The van der Waals surface area contributed by atoms with Crippen molar-refractivity contribution in [1.29, 1.82) is 0 Å². The predicted octanol–water partition coefficient (Wildman–Crippen LogP) is 5.36. The molecule has 20 nitrogen and oxygen atoms in total. The minimum atomic E-state index is -2.18. The highest BCUT2D eigenvalue weighted by molar-refractivity contribution is 6.01. The third-order valence-electron chi connectivity index (χ3n) is 22.5. The van der Waals surface area contributed by atoms with Crippen LogP contribution in [0, 0.1) is 52.3 Å². The summed E-state index contributed by atoms with van der Waals surface area (Å²) in [7, 11) is 6.94. The lowest BCUT2D eigenvalue weighted by atomic mass is 9.44. The van der Waals surface area contributed by atoms with Crippen LogP contribution in [0.4, 0.5) is 4.39 Å². The number of ether oxygens (including phenoxy) is 7. The van der Waals surface area contributed by atoms with E-state index in [2.05, 4.69) is 0 Å². The largest absolute Gasteiger partial charge is 0.459 e. The molecule has 0 aromatic rings. The molecule has 0 amide bonds. The molecule has 490 valence electrons. The van der Waals surface area contributed by atoms with Gasteiger partial charge in [0.15, 0.2) is 30.5 Å². The molecule has 26 atom stereocenters. The second kappa shape index (κ2) is 26.1. The molecular weight excluding hydrogens is 1120 g/mol. The number of hydrogen-bond acceptors (Lipinski definition) is 20. The lowest BCUT2D eigenvalue weighted by molar-refractivity contribution is -0.304. The van der Waals surface area contributed by atoms with E-state index >= 15 is 4.39 Å². The molecule has 1 unspecified atom stereocenters. The van der Waals surface area contributed by atoms with Crippen molar-refractivity contribution in [3.63, 3.8) is 0 Å². The van der Waals surface area contributed by atoms with Gasteiger partial charge in [-0.15, -0.1) is 0 Å². The standard InChI is InChI=1S/C65H105FN2O18/c1-18-49-63(13,78)55(75)40(8)68(16)32-34(2)29-61(11,77)56(38(6)52(39(7)57(76)84-49)83-43-25-35(3)54(74)62(12,30-43)80-17)86-58-53(46(67(14)15)27-37(5)82-58)85-51(73)22-21-50(72)81-33-48(71)65(79)36(4)26-45-44-20-19-41-28-42(69)23-24-59(41,9)64(44,66)47(70)31-60(45,65)10/h23-24,28,34-40,43-47,49,52-56,58,70,74-75,77-79H,18-22,25-27,29-33H2,1-17H3/t34-,35-,36-,37-,38+,39-,40-,43-,44+,45+,46?,47+,49-,52+,53-,54+,55-,56-,58+,59+,60+,61-,62-,63-,64+,65+/m1/s1. The molecule has 4 saturated carbocycles. The van der Waals surface area contributed by atoms with Gasteiger partial charge in [0.25, 0.3) is 0 Å². The van der Waals surface area contributed by atoms with Crippen molar-refractivity contribution in [2.24, 2.45) is 52.3 Å². The van der Waals surface area contributed by atoms with Crippen LogP contribution in [0.15, 0.2) is 23.8 Å². The molecule has 0 radical (unpaired) electrons. The molecule has 0 aromatic carbocycles. The van der Waals surface area contributed by atoms with Crippen molar-refractivity contribution in [3.05, 3.63) is 23.8 Å². The van der Waals surface area contributed by atoms with Gasteiger partial charge in [-0.2, -0.15) is 0 Å². The van der Waals surface area contributed by atoms with Gasteiger partial charge in [0, 0.05) is 48.8 Å². The number of methoxy groups -OCH3 is 1. The lowest BCUT2D eigenvalue weighted by Gasteiger charge is -2.62. The SMILES string of the molecule is CC[C@H]1OC(=O)[C@H](C)[C@@H](O[C@@H]2C[C@@H](C)[C@H](O)[C@](C)(OC)C2)[C@H](C)[C@@H](O[C@@H]2O[C@H](C)CC(N(C)C)[C@H]2OC(=O)CCC(=O)OCC(=O)[C@@]2(O)[C@H](C)C[C@H]3[C@@H]4CCC5=CC(=O)C=C[C@]5(C)[C@@]4(F)[C@@H](O)C[C@@]32C)[C@](C)(O)C[C@@H](C)CN(C)[C@H](C)[C@@H](O)[C@]1(C)O. The van der Waals surface area contributed by atoms with Gasteiger partial charge < -0.3 is 73.6 Å². The van der Waals surface area contributed by atoms with E-state index in [1.165, 1.54) is 26.2 Å². The Kier molecular flexibility index (Phi) is 21.3. The Morgan fingerprint density at radius 2 is 1.50 bits per heavy atom. The fourth-order valence-corrected chi connectivity index (χ4v) is 17.3. The van der Waals surface area contributed by atoms with Crippen LogP contribution in [0.3, 0.4) is 0 Å². The number of alkyl halides is 1. The Labute approximate surface area is 509 Å². The average molecular weight is 1220 g/mol. The number of fused-ring (bicyclic) bond motifs is 5. The summed E-state index contributed by atoms with van der Waals surface area (Å²) in [6.07, 6.45) is -5.49. The zero-order valence-corrected chi connectivity index (χ0v) is 54.2. The van der Waals surface area contributed by atoms with E-state index < -0.39 is 185 Å². The second-order valence-corrected chi connectivity index (χ2v) is 28.9. The molecule has 6 fully saturated rings. The number of ketones is 2. The number of likely N-dealkylation sites (N-methyl/N-ethyl adjacent to an activating group) is 2. The summed E-state index contributed by atoms with van der Waals surface area (Å²) < 4.78 is 62.4. The topological polar surface area (TPSA) is 278 Å². The maximum Gasteiger partial charge on any atom is 0.311 e. The first-order valence-corrected chi connectivity index (χ1v) is 31.6. The molecule has 6 N–H and O–H groups in total. The normalized spacial score (nSPS) is 48.0. The number of rotatable bonds is 14. The summed E-state index contributed by atoms with van der Waals surface area (Å²) in [4.78, 5) is 72.8. The van der Waals surface area contributed by atoms with Gasteiger partial charge in [-0.05, 0) is 157 Å². The Bertz CT molecular complexity index is 2530. The van der Waals surface area contributed by atoms with Crippen molar-refractivity contribution in [1.82, 2.24) is 9.80 Å². The summed E-state index contributed by atoms with van der Waals surface area (Å²) in [6, 6.07) is -1.16. The van der Waals surface area contributed by atoms with Gasteiger partial charge in [-0.25, -0.2) is 4.39 Å². The smallest absolute Gasteiger partial charge is 0.311 e. The van der Waals surface area contributed by atoms with Gasteiger partial charge >= 0.3 is 17.9 Å². The summed E-state index contributed by atoms with van der Waals surface area (Å²) in [5.41, 5.74) is -10.9. The van der Waals surface area contributed by atoms with Crippen molar-refractivity contribution < 1.29 is 92.2 Å². The first-order chi connectivity index (χ1) is 39.8. The number of aliphatic hydroxyl groups excluding tert-OH is 3. The van der Waals surface area contributed by atoms with E-state index in [9.17, 15) is 54.6 Å². The maximum absolute atomic E-state index is 17.8. The highest BCUT2D eigenvalue weighted by Gasteiger charge is 2.76. The van der Waals surface area contributed by atoms with Crippen molar-refractivity contribution >= 4 is 29.5 Å². The summed E-state index contributed by atoms with van der Waals surface area (Å²) in [6.45, 7) is 22.1. The zero-order valence-electron chi connectivity index (χ0n) is 54.2. The molecule has 0 aromatic heterocycles. The van der Waals surface area contributed by atoms with E-state index in [4.69, 9.17) is 33.2 Å². The van der Waals surface area contributed by atoms with E-state index in [0.717, 1.165) is 0 Å². The molecule has 21 heteroatoms. The zero-order chi connectivity index (χ0) is 64.4. The molecule has 2 heterocycles. The van der Waals surface area contributed by atoms with Gasteiger partial charge in [0.2, 0.25) is 5.78 Å². The number of esters is 3. The fraction of sp³-hybridized carbons (Fsp3) is 0.862. The molecule has 5 aliphatic carbocycles. The summed E-state index contributed by atoms with van der Waals surface area (Å²) >= 11 is 0. The maximum atomic E-state index is 17.8. The van der Waals surface area contributed by atoms with Crippen LogP contribution >= 0.6 is 0 Å². The van der Waals surface area contributed by atoms with Crippen LogP contribution in [-0.4, -0.2) is 213 Å². The number of Topliss-reactive ketones (excluding diaryl/α,β-unsaturated/α-hetero) is 1. The van der Waals surface area contributed by atoms with Gasteiger partial charge in [0.05, 0.1) is 72.6 Å². The highest BCUT2D eigenvalue weighted by atomic mass is 19.1. The minimum absolute atomic E-state index is 0.106. The van der Waals surface area contributed by atoms with E-state index in [0.29, 0.717) is 37.8 Å². The third-order valence-corrected chi connectivity index (χ3v) is 22.5. The van der Waals surface area contributed by atoms with Crippen LogP contribution in [0.1, 0.15) is 161 Å².